The highest BCUT2D eigenvalue weighted by molar-refractivity contribution is 5.97. The van der Waals surface area contributed by atoms with Gasteiger partial charge in [-0.2, -0.15) is 0 Å². The maximum absolute atomic E-state index is 13.5. The first-order valence-electron chi connectivity index (χ1n) is 13.3. The van der Waals surface area contributed by atoms with Crippen LogP contribution in [0.15, 0.2) is 48.5 Å². The van der Waals surface area contributed by atoms with E-state index >= 15 is 0 Å². The number of hydrogen-bond donors (Lipinski definition) is 2. The summed E-state index contributed by atoms with van der Waals surface area (Å²) >= 11 is 0. The summed E-state index contributed by atoms with van der Waals surface area (Å²) in [5, 5.41) is 5.33. The Bertz CT molecular complexity index is 1380. The number of benzene rings is 2. The molecule has 1 aromatic heterocycles. The van der Waals surface area contributed by atoms with E-state index in [-0.39, 0.29) is 24.1 Å². The predicted octanol–water partition coefficient (Wildman–Crippen LogP) is 3.47. The van der Waals surface area contributed by atoms with E-state index in [9.17, 15) is 9.59 Å². The quantitative estimate of drug-likeness (QED) is 0.522. The van der Waals surface area contributed by atoms with E-state index in [1.165, 1.54) is 0 Å². The van der Waals surface area contributed by atoms with Crippen molar-refractivity contribution in [3.8, 4) is 17.1 Å². The molecule has 6 rings (SSSR count). The van der Waals surface area contributed by atoms with Gasteiger partial charge in [0, 0.05) is 43.5 Å². The fourth-order valence-electron chi connectivity index (χ4n) is 5.65. The van der Waals surface area contributed by atoms with Crippen molar-refractivity contribution >= 4 is 23.4 Å². The van der Waals surface area contributed by atoms with Crippen molar-refractivity contribution in [2.45, 2.75) is 38.0 Å². The second-order valence-electron chi connectivity index (χ2n) is 10.1. The van der Waals surface area contributed by atoms with Crippen molar-refractivity contribution in [3.05, 3.63) is 65.4 Å². The highest BCUT2D eigenvalue weighted by Gasteiger charge is 2.37. The van der Waals surface area contributed by atoms with Crippen LogP contribution < -0.4 is 20.3 Å². The Morgan fingerprint density at radius 1 is 1.03 bits per heavy atom. The molecule has 2 unspecified atom stereocenters. The second-order valence-corrected chi connectivity index (χ2v) is 10.1. The number of carbonyl (C=O) groups is 2. The maximum atomic E-state index is 13.5. The lowest BCUT2D eigenvalue weighted by molar-refractivity contribution is 0.0301. The molecule has 3 aliphatic heterocycles. The maximum Gasteiger partial charge on any atom is 0.318 e. The van der Waals surface area contributed by atoms with Gasteiger partial charge in [-0.05, 0) is 55.7 Å². The molecule has 2 N–H and O–H groups in total. The summed E-state index contributed by atoms with van der Waals surface area (Å²) in [6.45, 7) is 2.58. The van der Waals surface area contributed by atoms with Crippen molar-refractivity contribution in [2.75, 3.05) is 44.0 Å². The second kappa shape index (κ2) is 10.5. The normalized spacial score (nSPS) is 19.8. The van der Waals surface area contributed by atoms with Gasteiger partial charge in [0.2, 0.25) is 0 Å². The van der Waals surface area contributed by atoms with Gasteiger partial charge in [-0.15, -0.1) is 0 Å². The molecule has 0 radical (unpaired) electrons. The van der Waals surface area contributed by atoms with Crippen molar-refractivity contribution in [2.24, 2.45) is 0 Å². The third kappa shape index (κ3) is 4.99. The number of ether oxygens (including phenoxy) is 2. The Labute approximate surface area is 227 Å². The Kier molecular flexibility index (Phi) is 6.78. The smallest absolute Gasteiger partial charge is 0.318 e. The van der Waals surface area contributed by atoms with Crippen LogP contribution >= 0.6 is 0 Å². The lowest BCUT2D eigenvalue weighted by Gasteiger charge is -2.36. The number of para-hydroxylation sites is 1. The minimum absolute atomic E-state index is 0.0751. The van der Waals surface area contributed by atoms with Gasteiger partial charge in [-0.3, -0.25) is 4.79 Å². The molecule has 202 valence electrons. The van der Waals surface area contributed by atoms with Gasteiger partial charge in [-0.1, -0.05) is 12.1 Å². The minimum atomic E-state index is -0.281. The van der Waals surface area contributed by atoms with E-state index in [0.717, 1.165) is 48.6 Å². The minimum Gasteiger partial charge on any atom is -0.496 e. The van der Waals surface area contributed by atoms with Crippen LogP contribution in [0.4, 0.5) is 16.3 Å². The van der Waals surface area contributed by atoms with Gasteiger partial charge in [0.15, 0.2) is 5.82 Å². The van der Waals surface area contributed by atoms with Crippen LogP contribution in [0.1, 0.15) is 34.5 Å². The molecule has 0 spiro atoms. The van der Waals surface area contributed by atoms with Crippen LogP contribution in [0.25, 0.3) is 11.4 Å². The lowest BCUT2D eigenvalue weighted by atomic mass is 10.0. The predicted molar refractivity (Wildman–Crippen MR) is 147 cm³/mol. The van der Waals surface area contributed by atoms with Crippen LogP contribution in [0, 0.1) is 0 Å². The summed E-state index contributed by atoms with van der Waals surface area (Å²) in [5.41, 5.74) is 4.01. The molecule has 3 aliphatic rings. The fraction of sp³-hybridized carbons (Fsp3) is 0.379. The summed E-state index contributed by atoms with van der Waals surface area (Å²) in [4.78, 5) is 39.4. The summed E-state index contributed by atoms with van der Waals surface area (Å²) in [7, 11) is 3.15. The third-order valence-corrected chi connectivity index (χ3v) is 7.64. The number of aromatic nitrogens is 2. The molecule has 10 nitrogen and oxygen atoms in total. The molecule has 2 bridgehead atoms. The standard InChI is InChI=1S/C29H32N6O4/c1-30-29(37)31-19-9-7-18(8-10-19)26-32-24-17-34(28(36)23-5-3-4-6-25(23)38-2)14-13-22(24)27(33-26)35-15-20-11-12-21(16-35)39-20/h3-10,20-21H,11-17H2,1-2H3,(H2,30,31,37). The number of amides is 3. The van der Waals surface area contributed by atoms with Crippen molar-refractivity contribution in [3.63, 3.8) is 0 Å². The van der Waals surface area contributed by atoms with Crippen LogP contribution in [-0.4, -0.2) is 72.8 Å². The zero-order valence-electron chi connectivity index (χ0n) is 22.1. The van der Waals surface area contributed by atoms with Gasteiger partial charge in [0.05, 0.1) is 37.1 Å². The number of carbonyl (C=O) groups excluding carboxylic acids is 2. The Morgan fingerprint density at radius 3 is 2.49 bits per heavy atom. The zero-order valence-corrected chi connectivity index (χ0v) is 22.1. The number of nitrogens with one attached hydrogen (secondary N) is 2. The number of nitrogens with zero attached hydrogens (tertiary/aromatic N) is 4. The lowest BCUT2D eigenvalue weighted by Crippen LogP contribution is -2.44. The molecule has 0 saturated carbocycles. The van der Waals surface area contributed by atoms with Crippen molar-refractivity contribution in [1.82, 2.24) is 20.2 Å². The van der Waals surface area contributed by atoms with E-state index in [1.807, 2.05) is 41.3 Å². The van der Waals surface area contributed by atoms with E-state index in [1.54, 1.807) is 26.3 Å². The van der Waals surface area contributed by atoms with Gasteiger partial charge >= 0.3 is 6.03 Å². The molecule has 2 atom stereocenters. The topological polar surface area (TPSA) is 109 Å². The molecule has 4 heterocycles. The monoisotopic (exact) mass is 528 g/mol. The van der Waals surface area contributed by atoms with Crippen molar-refractivity contribution < 1.29 is 19.1 Å². The first kappa shape index (κ1) is 25.1. The van der Waals surface area contributed by atoms with E-state index in [4.69, 9.17) is 19.4 Å². The van der Waals surface area contributed by atoms with E-state index in [2.05, 4.69) is 15.5 Å². The number of hydrogen-bond acceptors (Lipinski definition) is 7. The molecule has 39 heavy (non-hydrogen) atoms. The highest BCUT2D eigenvalue weighted by Crippen LogP contribution is 2.35. The fourth-order valence-corrected chi connectivity index (χ4v) is 5.65. The SMILES string of the molecule is CNC(=O)Nc1ccc(-c2nc3c(c(N4CC5CCC(C4)O5)n2)CCN(C(=O)c2ccccc2OC)C3)cc1. The van der Waals surface area contributed by atoms with Crippen LogP contribution in [0.5, 0.6) is 5.75 Å². The molecule has 10 heteroatoms. The highest BCUT2D eigenvalue weighted by atomic mass is 16.5. The van der Waals surface area contributed by atoms with Gasteiger partial charge in [-0.25, -0.2) is 14.8 Å². The number of urea groups is 1. The molecule has 3 aromatic rings. The first-order valence-corrected chi connectivity index (χ1v) is 13.3. The molecule has 3 amide bonds. The molecular formula is C29H32N6O4. The molecular weight excluding hydrogens is 496 g/mol. The Balaban J connectivity index is 1.35. The first-order chi connectivity index (χ1) is 19.0. The Morgan fingerprint density at radius 2 is 1.77 bits per heavy atom. The summed E-state index contributed by atoms with van der Waals surface area (Å²) in [6.07, 6.45) is 3.26. The van der Waals surface area contributed by atoms with Gasteiger partial charge < -0.3 is 29.9 Å². The zero-order chi connectivity index (χ0) is 26.9. The summed E-state index contributed by atoms with van der Waals surface area (Å²) < 4.78 is 11.5. The third-order valence-electron chi connectivity index (χ3n) is 7.64. The number of rotatable bonds is 5. The molecule has 0 aliphatic carbocycles. The van der Waals surface area contributed by atoms with E-state index in [0.29, 0.717) is 42.3 Å². The number of morpholine rings is 1. The summed E-state index contributed by atoms with van der Waals surface area (Å²) in [5.74, 6) is 2.02. The molecule has 2 aromatic carbocycles. The van der Waals surface area contributed by atoms with Gasteiger partial charge in [0.25, 0.3) is 5.91 Å². The van der Waals surface area contributed by atoms with Gasteiger partial charge in [0.1, 0.15) is 11.6 Å². The van der Waals surface area contributed by atoms with Crippen LogP contribution in [0.2, 0.25) is 0 Å². The molecule has 2 fully saturated rings. The number of fused-ring (bicyclic) bond motifs is 3. The van der Waals surface area contributed by atoms with E-state index < -0.39 is 0 Å². The average molecular weight is 529 g/mol. The Hall–Kier alpha value is -4.18. The van der Waals surface area contributed by atoms with Crippen molar-refractivity contribution in [1.29, 1.82) is 0 Å². The molecule has 2 saturated heterocycles. The summed E-state index contributed by atoms with van der Waals surface area (Å²) in [6, 6.07) is 14.5. The van der Waals surface area contributed by atoms with Crippen LogP contribution in [-0.2, 0) is 17.7 Å². The largest absolute Gasteiger partial charge is 0.496 e. The average Bonchev–Trinajstić information content (AvgIpc) is 3.32. The van der Waals surface area contributed by atoms with Crippen LogP contribution in [0.3, 0.4) is 0 Å². The number of anilines is 2. The number of methoxy groups -OCH3 is 1.